The van der Waals surface area contributed by atoms with E-state index < -0.39 is 0 Å². The van der Waals surface area contributed by atoms with Crippen LogP contribution in [0, 0.1) is 20.8 Å². The second-order valence-corrected chi connectivity index (χ2v) is 11.8. The molecule has 0 saturated carbocycles. The number of hydrogen-bond acceptors (Lipinski definition) is 3. The highest BCUT2D eigenvalue weighted by atomic mass is 32.1. The average Bonchev–Trinajstić information content (AvgIpc) is 3.55. The molecule has 0 amide bonds. The summed E-state index contributed by atoms with van der Waals surface area (Å²) in [4.78, 5) is 0. The van der Waals surface area contributed by atoms with Crippen LogP contribution in [0.3, 0.4) is 0 Å². The zero-order valence-electron chi connectivity index (χ0n) is 19.6. The van der Waals surface area contributed by atoms with Gasteiger partial charge in [-0.25, -0.2) is 0 Å². The Bertz CT molecular complexity index is 2130. The molecule has 0 aliphatic rings. The molecule has 4 aromatic carbocycles. The van der Waals surface area contributed by atoms with Crippen LogP contribution in [0.1, 0.15) is 16.7 Å². The number of aryl methyl sites for hydroxylation is 3. The quantitative estimate of drug-likeness (QED) is 0.225. The van der Waals surface area contributed by atoms with Gasteiger partial charge in [-0.05, 0) is 74.4 Å². The van der Waals surface area contributed by atoms with Gasteiger partial charge >= 0.3 is 0 Å². The van der Waals surface area contributed by atoms with Crippen molar-refractivity contribution in [3.05, 3.63) is 89.5 Å². The predicted molar refractivity (Wildman–Crippen MR) is 153 cm³/mol. The van der Waals surface area contributed by atoms with Crippen molar-refractivity contribution in [1.29, 1.82) is 0 Å². The minimum Gasteiger partial charge on any atom is -0.454 e. The summed E-state index contributed by atoms with van der Waals surface area (Å²) in [5.74, 6) is 0. The summed E-state index contributed by atoms with van der Waals surface area (Å²) >= 11 is 3.73. The van der Waals surface area contributed by atoms with Crippen LogP contribution in [0.5, 0.6) is 0 Å². The Labute approximate surface area is 209 Å². The number of benzene rings is 4. The number of thiophene rings is 2. The molecule has 2 nitrogen and oxygen atoms in total. The fourth-order valence-corrected chi connectivity index (χ4v) is 7.94. The number of aromatic nitrogens is 1. The van der Waals surface area contributed by atoms with Gasteiger partial charge in [-0.1, -0.05) is 35.9 Å². The lowest BCUT2D eigenvalue weighted by atomic mass is 10.1. The van der Waals surface area contributed by atoms with Gasteiger partial charge < -0.3 is 8.98 Å². The Morgan fingerprint density at radius 1 is 0.600 bits per heavy atom. The summed E-state index contributed by atoms with van der Waals surface area (Å²) in [6.07, 6.45) is 0. The van der Waals surface area contributed by atoms with Crippen molar-refractivity contribution in [2.24, 2.45) is 0 Å². The molecule has 0 saturated heterocycles. The third-order valence-electron chi connectivity index (χ3n) is 7.18. The molecule has 0 unspecified atom stereocenters. The number of nitrogens with zero attached hydrogens (tertiary/aromatic N) is 1. The molecule has 4 heterocycles. The molecule has 0 atom stereocenters. The SMILES string of the molecule is Cc1ccc(-n2c3cc(C)ccc3c3sc4cc5c(cc4c32)oc2c3ccc(C)cc3sc52)cc1. The lowest BCUT2D eigenvalue weighted by Gasteiger charge is -2.09. The molecule has 4 heteroatoms. The Morgan fingerprint density at radius 2 is 1.29 bits per heavy atom. The van der Waals surface area contributed by atoms with Gasteiger partial charge in [-0.2, -0.15) is 0 Å². The van der Waals surface area contributed by atoms with Crippen molar-refractivity contribution in [2.45, 2.75) is 20.8 Å². The minimum absolute atomic E-state index is 0.970. The van der Waals surface area contributed by atoms with Crippen LogP contribution in [0.25, 0.3) is 68.2 Å². The highest BCUT2D eigenvalue weighted by Gasteiger charge is 2.21. The summed E-state index contributed by atoms with van der Waals surface area (Å²) in [6.45, 7) is 6.46. The first-order valence-electron chi connectivity index (χ1n) is 11.8. The molecule has 0 fully saturated rings. The normalized spacial score (nSPS) is 12.4. The van der Waals surface area contributed by atoms with Gasteiger partial charge in [-0.3, -0.25) is 0 Å². The second-order valence-electron chi connectivity index (χ2n) is 9.68. The zero-order valence-corrected chi connectivity index (χ0v) is 21.2. The topological polar surface area (TPSA) is 18.1 Å². The molecular formula is C31H21NOS2. The van der Waals surface area contributed by atoms with Crippen molar-refractivity contribution in [3.8, 4) is 5.69 Å². The van der Waals surface area contributed by atoms with E-state index in [1.807, 2.05) is 22.7 Å². The van der Waals surface area contributed by atoms with Crippen LogP contribution in [0.4, 0.5) is 0 Å². The Kier molecular flexibility index (Phi) is 3.79. The average molecular weight is 488 g/mol. The molecule has 0 spiro atoms. The molecule has 0 N–H and O–H groups in total. The summed E-state index contributed by atoms with van der Waals surface area (Å²) in [5.41, 5.74) is 9.55. The molecule has 8 rings (SSSR count). The summed E-state index contributed by atoms with van der Waals surface area (Å²) < 4.78 is 14.2. The van der Waals surface area contributed by atoms with E-state index in [-0.39, 0.29) is 0 Å². The van der Waals surface area contributed by atoms with Crippen molar-refractivity contribution in [2.75, 3.05) is 0 Å². The fourth-order valence-electron chi connectivity index (χ4n) is 5.45. The predicted octanol–water partition coefficient (Wildman–Crippen LogP) is 10.0. The van der Waals surface area contributed by atoms with E-state index in [2.05, 4.69) is 98.1 Å². The van der Waals surface area contributed by atoms with Crippen molar-refractivity contribution >= 4 is 85.2 Å². The smallest absolute Gasteiger partial charge is 0.154 e. The summed E-state index contributed by atoms with van der Waals surface area (Å²) in [6, 6.07) is 26.9. The molecule has 0 radical (unpaired) electrons. The largest absolute Gasteiger partial charge is 0.454 e. The number of rotatable bonds is 1. The number of fused-ring (bicyclic) bond motifs is 10. The number of hydrogen-bond donors (Lipinski definition) is 0. The van der Waals surface area contributed by atoms with Gasteiger partial charge in [0.2, 0.25) is 0 Å². The van der Waals surface area contributed by atoms with Crippen LogP contribution in [0.2, 0.25) is 0 Å². The third-order valence-corrected chi connectivity index (χ3v) is 9.52. The van der Waals surface area contributed by atoms with Gasteiger partial charge in [0.25, 0.3) is 0 Å². The first-order chi connectivity index (χ1) is 17.0. The highest BCUT2D eigenvalue weighted by Crippen LogP contribution is 2.47. The number of furan rings is 1. The van der Waals surface area contributed by atoms with Crippen molar-refractivity contribution in [3.63, 3.8) is 0 Å². The van der Waals surface area contributed by atoms with Crippen molar-refractivity contribution < 1.29 is 4.42 Å². The molecule has 168 valence electrons. The molecular weight excluding hydrogens is 466 g/mol. The van der Waals surface area contributed by atoms with E-state index in [0.717, 1.165) is 11.2 Å². The second kappa shape index (κ2) is 6.75. The van der Waals surface area contributed by atoms with Gasteiger partial charge in [0.05, 0.1) is 20.4 Å². The van der Waals surface area contributed by atoms with Gasteiger partial charge in [0.1, 0.15) is 5.58 Å². The van der Waals surface area contributed by atoms with Crippen LogP contribution >= 0.6 is 22.7 Å². The Hall–Kier alpha value is -3.60. The van der Waals surface area contributed by atoms with Gasteiger partial charge in [0, 0.05) is 36.6 Å². The maximum absolute atomic E-state index is 6.53. The Morgan fingerprint density at radius 3 is 2.11 bits per heavy atom. The fraction of sp³-hybridized carbons (Fsp3) is 0.0968. The Balaban J connectivity index is 1.52. The van der Waals surface area contributed by atoms with E-state index >= 15 is 0 Å². The summed E-state index contributed by atoms with van der Waals surface area (Å²) in [7, 11) is 0. The van der Waals surface area contributed by atoms with E-state index in [9.17, 15) is 0 Å². The highest BCUT2D eigenvalue weighted by molar-refractivity contribution is 7.27. The first kappa shape index (κ1) is 19.7. The summed E-state index contributed by atoms with van der Waals surface area (Å²) in [5, 5.41) is 5.00. The first-order valence-corrected chi connectivity index (χ1v) is 13.5. The van der Waals surface area contributed by atoms with Gasteiger partial charge in [0.15, 0.2) is 5.58 Å². The van der Waals surface area contributed by atoms with Crippen LogP contribution in [-0.2, 0) is 0 Å². The standard InChI is InChI=1S/C31H21NOS2/c1-16-4-8-19(9-5-16)32-24-12-17(2)6-10-20(24)30-28(32)23-14-25-22(15-27(23)34-30)31-29(33-25)21-11-7-18(3)13-26(21)35-31/h4-15H,1-3H3. The third kappa shape index (κ3) is 2.64. The lowest BCUT2D eigenvalue weighted by Crippen LogP contribution is -1.94. The minimum atomic E-state index is 0.970. The molecule has 35 heavy (non-hydrogen) atoms. The maximum Gasteiger partial charge on any atom is 0.154 e. The van der Waals surface area contributed by atoms with Crippen molar-refractivity contribution in [1.82, 2.24) is 4.57 Å². The van der Waals surface area contributed by atoms with Gasteiger partial charge in [-0.15, -0.1) is 22.7 Å². The van der Waals surface area contributed by atoms with Crippen LogP contribution in [0.15, 0.2) is 77.2 Å². The zero-order chi connectivity index (χ0) is 23.4. The van der Waals surface area contributed by atoms with Crippen LogP contribution in [-0.4, -0.2) is 4.57 Å². The maximum atomic E-state index is 6.53. The molecule has 0 bridgehead atoms. The lowest BCUT2D eigenvalue weighted by molar-refractivity contribution is 0.674. The molecule has 0 aliphatic carbocycles. The molecule has 0 aliphatic heterocycles. The monoisotopic (exact) mass is 487 g/mol. The van der Waals surface area contributed by atoms with E-state index in [1.165, 1.54) is 73.8 Å². The molecule has 8 aromatic rings. The van der Waals surface area contributed by atoms with E-state index in [1.54, 1.807) is 0 Å². The van der Waals surface area contributed by atoms with Crippen LogP contribution < -0.4 is 0 Å². The van der Waals surface area contributed by atoms with E-state index in [0.29, 0.717) is 0 Å². The molecule has 4 aromatic heterocycles. The van der Waals surface area contributed by atoms with E-state index in [4.69, 9.17) is 4.42 Å².